The molecular formula is C16H24FNO. The maximum absolute atomic E-state index is 13.4. The molecule has 1 fully saturated rings. The van der Waals surface area contributed by atoms with Crippen LogP contribution in [0.25, 0.3) is 0 Å². The second kappa shape index (κ2) is 6.49. The molecule has 1 aromatic rings. The standard InChI is InChI=1S/C16H24FNO/c1-4-18-15(10-14-6-5-7-19-14)16-11(2)8-13(17)9-12(16)3/h8-9,14-15,18H,4-7,10H2,1-3H3. The Balaban J connectivity index is 2.22. The Morgan fingerprint density at radius 3 is 2.58 bits per heavy atom. The van der Waals surface area contributed by atoms with Crippen molar-refractivity contribution >= 4 is 0 Å². The van der Waals surface area contributed by atoms with Crippen molar-refractivity contribution in [2.75, 3.05) is 13.2 Å². The Kier molecular flexibility index (Phi) is 4.94. The lowest BCUT2D eigenvalue weighted by Crippen LogP contribution is -2.26. The fourth-order valence-electron chi connectivity index (χ4n) is 3.11. The van der Waals surface area contributed by atoms with Gasteiger partial charge in [-0.3, -0.25) is 0 Å². The molecule has 19 heavy (non-hydrogen) atoms. The first kappa shape index (κ1) is 14.5. The molecular weight excluding hydrogens is 241 g/mol. The third-order valence-corrected chi connectivity index (χ3v) is 3.88. The fourth-order valence-corrected chi connectivity index (χ4v) is 3.11. The molecule has 1 aliphatic rings. The molecule has 2 rings (SSSR count). The summed E-state index contributed by atoms with van der Waals surface area (Å²) in [5.74, 6) is -0.147. The van der Waals surface area contributed by atoms with Crippen molar-refractivity contribution in [3.05, 3.63) is 34.6 Å². The first-order valence-corrected chi connectivity index (χ1v) is 7.23. The number of hydrogen-bond donors (Lipinski definition) is 1. The van der Waals surface area contributed by atoms with Gasteiger partial charge < -0.3 is 10.1 Å². The second-order valence-electron chi connectivity index (χ2n) is 5.43. The van der Waals surface area contributed by atoms with Crippen LogP contribution in [0.3, 0.4) is 0 Å². The van der Waals surface area contributed by atoms with Crippen molar-refractivity contribution in [2.45, 2.75) is 52.2 Å². The van der Waals surface area contributed by atoms with Crippen molar-refractivity contribution < 1.29 is 9.13 Å². The summed E-state index contributed by atoms with van der Waals surface area (Å²) in [6.07, 6.45) is 3.61. The predicted octanol–water partition coefficient (Wildman–Crippen LogP) is 3.66. The molecule has 1 aromatic carbocycles. The molecule has 1 saturated heterocycles. The number of ether oxygens (including phenoxy) is 1. The largest absolute Gasteiger partial charge is 0.378 e. The van der Waals surface area contributed by atoms with Gasteiger partial charge in [-0.25, -0.2) is 4.39 Å². The lowest BCUT2D eigenvalue weighted by Gasteiger charge is -2.25. The van der Waals surface area contributed by atoms with Crippen LogP contribution in [0.1, 0.15) is 48.9 Å². The monoisotopic (exact) mass is 265 g/mol. The number of aryl methyl sites for hydroxylation is 2. The molecule has 0 bridgehead atoms. The molecule has 1 heterocycles. The van der Waals surface area contributed by atoms with Crippen molar-refractivity contribution in [3.63, 3.8) is 0 Å². The third-order valence-electron chi connectivity index (χ3n) is 3.88. The first-order valence-electron chi connectivity index (χ1n) is 7.23. The molecule has 0 radical (unpaired) electrons. The van der Waals surface area contributed by atoms with Crippen molar-refractivity contribution in [2.24, 2.45) is 0 Å². The van der Waals surface area contributed by atoms with Gasteiger partial charge in [0.1, 0.15) is 5.82 Å². The van der Waals surface area contributed by atoms with Gasteiger partial charge >= 0.3 is 0 Å². The minimum atomic E-state index is -0.147. The summed E-state index contributed by atoms with van der Waals surface area (Å²) in [6.45, 7) is 7.88. The molecule has 3 heteroatoms. The van der Waals surface area contributed by atoms with Crippen molar-refractivity contribution in [3.8, 4) is 0 Å². The van der Waals surface area contributed by atoms with Crippen LogP contribution in [0.5, 0.6) is 0 Å². The van der Waals surface area contributed by atoms with Crippen molar-refractivity contribution in [1.82, 2.24) is 5.32 Å². The maximum Gasteiger partial charge on any atom is 0.123 e. The zero-order chi connectivity index (χ0) is 13.8. The molecule has 0 aromatic heterocycles. The highest BCUT2D eigenvalue weighted by molar-refractivity contribution is 5.37. The Bertz CT molecular complexity index is 404. The summed E-state index contributed by atoms with van der Waals surface area (Å²) in [5.41, 5.74) is 3.29. The number of halogens is 1. The van der Waals surface area contributed by atoms with Crippen LogP contribution in [-0.4, -0.2) is 19.3 Å². The fraction of sp³-hybridized carbons (Fsp3) is 0.625. The summed E-state index contributed by atoms with van der Waals surface area (Å²) in [6, 6.07) is 3.51. The lowest BCUT2D eigenvalue weighted by molar-refractivity contribution is 0.0946. The van der Waals surface area contributed by atoms with Crippen LogP contribution < -0.4 is 5.32 Å². The molecule has 2 atom stereocenters. The highest BCUT2D eigenvalue weighted by atomic mass is 19.1. The number of hydrogen-bond acceptors (Lipinski definition) is 2. The molecule has 1 aliphatic heterocycles. The SMILES string of the molecule is CCNC(CC1CCCO1)c1c(C)cc(F)cc1C. The van der Waals surface area contributed by atoms with E-state index < -0.39 is 0 Å². The third kappa shape index (κ3) is 3.54. The summed E-state index contributed by atoms with van der Waals surface area (Å²) < 4.78 is 19.2. The van der Waals surface area contributed by atoms with Gasteiger partial charge in [0.05, 0.1) is 6.10 Å². The molecule has 2 unspecified atom stereocenters. The Morgan fingerprint density at radius 1 is 1.37 bits per heavy atom. The summed E-state index contributed by atoms with van der Waals surface area (Å²) in [7, 11) is 0. The molecule has 0 aliphatic carbocycles. The average molecular weight is 265 g/mol. The zero-order valence-electron chi connectivity index (χ0n) is 12.1. The van der Waals surface area contributed by atoms with E-state index in [9.17, 15) is 4.39 Å². The van der Waals surface area contributed by atoms with Gasteiger partial charge in [-0.2, -0.15) is 0 Å². The summed E-state index contributed by atoms with van der Waals surface area (Å²) in [4.78, 5) is 0. The quantitative estimate of drug-likeness (QED) is 0.877. The van der Waals surface area contributed by atoms with Gasteiger partial charge in [0.25, 0.3) is 0 Å². The van der Waals surface area contributed by atoms with Crippen LogP contribution in [0.2, 0.25) is 0 Å². The lowest BCUT2D eigenvalue weighted by atomic mass is 9.91. The Labute approximate surface area is 115 Å². The van der Waals surface area contributed by atoms with Crippen molar-refractivity contribution in [1.29, 1.82) is 0 Å². The molecule has 2 nitrogen and oxygen atoms in total. The Morgan fingerprint density at radius 2 is 2.05 bits per heavy atom. The topological polar surface area (TPSA) is 21.3 Å². The minimum Gasteiger partial charge on any atom is -0.378 e. The van der Waals surface area contributed by atoms with Crippen LogP contribution in [0.15, 0.2) is 12.1 Å². The van der Waals surface area contributed by atoms with E-state index in [1.807, 2.05) is 13.8 Å². The van der Waals surface area contributed by atoms with Gasteiger partial charge in [-0.05, 0) is 68.5 Å². The normalized spacial score (nSPS) is 20.7. The van der Waals surface area contributed by atoms with Gasteiger partial charge in [0, 0.05) is 12.6 Å². The molecule has 0 saturated carbocycles. The Hall–Kier alpha value is -0.930. The van der Waals surface area contributed by atoms with Gasteiger partial charge in [0.2, 0.25) is 0 Å². The van der Waals surface area contributed by atoms with E-state index in [2.05, 4.69) is 12.2 Å². The van der Waals surface area contributed by atoms with Crippen LogP contribution in [0.4, 0.5) is 4.39 Å². The van der Waals surface area contributed by atoms with E-state index in [4.69, 9.17) is 4.74 Å². The average Bonchev–Trinajstić information content (AvgIpc) is 2.80. The van der Waals surface area contributed by atoms with Crippen LogP contribution in [-0.2, 0) is 4.74 Å². The van der Waals surface area contributed by atoms with Crippen LogP contribution in [0, 0.1) is 19.7 Å². The van der Waals surface area contributed by atoms with Crippen LogP contribution >= 0.6 is 0 Å². The highest BCUT2D eigenvalue weighted by Gasteiger charge is 2.23. The van der Waals surface area contributed by atoms with E-state index >= 15 is 0 Å². The molecule has 0 spiro atoms. The molecule has 106 valence electrons. The summed E-state index contributed by atoms with van der Waals surface area (Å²) in [5, 5.41) is 3.52. The minimum absolute atomic E-state index is 0.147. The van der Waals surface area contributed by atoms with Gasteiger partial charge in [-0.15, -0.1) is 0 Å². The number of rotatable bonds is 5. The van der Waals surface area contributed by atoms with Gasteiger partial charge in [0.15, 0.2) is 0 Å². The van der Waals surface area contributed by atoms with Gasteiger partial charge in [-0.1, -0.05) is 6.92 Å². The van der Waals surface area contributed by atoms with E-state index in [0.717, 1.165) is 43.5 Å². The second-order valence-corrected chi connectivity index (χ2v) is 5.43. The zero-order valence-corrected chi connectivity index (χ0v) is 12.1. The summed E-state index contributed by atoms with van der Waals surface area (Å²) >= 11 is 0. The molecule has 1 N–H and O–H groups in total. The highest BCUT2D eigenvalue weighted by Crippen LogP contribution is 2.29. The smallest absolute Gasteiger partial charge is 0.123 e. The van der Waals surface area contributed by atoms with E-state index in [1.54, 1.807) is 12.1 Å². The number of nitrogens with one attached hydrogen (secondary N) is 1. The van der Waals surface area contributed by atoms with E-state index in [0.29, 0.717) is 6.10 Å². The van der Waals surface area contributed by atoms with E-state index in [1.165, 1.54) is 5.56 Å². The predicted molar refractivity (Wildman–Crippen MR) is 75.9 cm³/mol. The van der Waals surface area contributed by atoms with E-state index in [-0.39, 0.29) is 11.9 Å². The first-order chi connectivity index (χ1) is 9.11. The molecule has 0 amide bonds. The maximum atomic E-state index is 13.4. The number of benzene rings is 1.